The van der Waals surface area contributed by atoms with Gasteiger partial charge in [0.15, 0.2) is 11.6 Å². The molecule has 0 spiro atoms. The van der Waals surface area contributed by atoms with Crippen LogP contribution in [-0.4, -0.2) is 21.7 Å². The number of rotatable bonds is 1. The molecule has 1 fully saturated rings. The van der Waals surface area contributed by atoms with Crippen LogP contribution < -0.4 is 0 Å². The second kappa shape index (κ2) is 5.41. The number of aliphatic hydroxyl groups excluding tert-OH is 1. The fourth-order valence-corrected chi connectivity index (χ4v) is 3.01. The molecule has 0 atom stereocenters. The quantitative estimate of drug-likeness (QED) is 0.487. The summed E-state index contributed by atoms with van der Waals surface area (Å²) < 4.78 is 0.793. The number of pyridine rings is 1. The van der Waals surface area contributed by atoms with Crippen molar-refractivity contribution in [1.82, 2.24) is 4.98 Å². The highest BCUT2D eigenvalue weighted by atomic mass is 79.9. The predicted molar refractivity (Wildman–Crippen MR) is 82.9 cm³/mol. The Morgan fingerprint density at radius 3 is 2.57 bits per heavy atom. The molecule has 0 bridgehead atoms. The topological polar surface area (TPSA) is 67.3 Å². The molecule has 106 valence electrons. The van der Waals surface area contributed by atoms with Gasteiger partial charge < -0.3 is 5.11 Å². The zero-order valence-electron chi connectivity index (χ0n) is 11.1. The van der Waals surface area contributed by atoms with Crippen molar-refractivity contribution in [2.45, 2.75) is 19.3 Å². The standard InChI is InChI=1S/C16H12BrNO3/c17-11-7-6-10(9-3-2-8-18-15(9)11)16(21)14-12(19)4-1-5-13(14)20/h2-3,6-8,21H,1,4-5H2. The molecule has 1 aliphatic carbocycles. The molecule has 1 heterocycles. The molecule has 0 aliphatic heterocycles. The molecule has 1 aromatic heterocycles. The third kappa shape index (κ3) is 2.38. The lowest BCUT2D eigenvalue weighted by atomic mass is 9.89. The van der Waals surface area contributed by atoms with Crippen molar-refractivity contribution in [3.05, 3.63) is 46.1 Å². The van der Waals surface area contributed by atoms with Gasteiger partial charge in [0.05, 0.1) is 5.52 Å². The van der Waals surface area contributed by atoms with E-state index in [0.717, 1.165) is 4.47 Å². The fourth-order valence-electron chi connectivity index (χ4n) is 2.56. The molecule has 0 unspecified atom stereocenters. The van der Waals surface area contributed by atoms with Gasteiger partial charge in [0.1, 0.15) is 11.3 Å². The van der Waals surface area contributed by atoms with Crippen molar-refractivity contribution in [2.24, 2.45) is 0 Å². The van der Waals surface area contributed by atoms with Crippen molar-refractivity contribution in [3.8, 4) is 0 Å². The Morgan fingerprint density at radius 1 is 1.14 bits per heavy atom. The number of carbonyl (C=O) groups excluding carboxylic acids is 2. The minimum atomic E-state index is -0.288. The van der Waals surface area contributed by atoms with Crippen LogP contribution in [0.15, 0.2) is 40.5 Å². The first kappa shape index (κ1) is 13.9. The highest BCUT2D eigenvalue weighted by Gasteiger charge is 2.28. The second-order valence-electron chi connectivity index (χ2n) is 4.92. The molecule has 1 aliphatic rings. The van der Waals surface area contributed by atoms with Crippen LogP contribution in [0.3, 0.4) is 0 Å². The molecule has 1 aromatic carbocycles. The molecule has 5 heteroatoms. The molecule has 2 aromatic rings. The summed E-state index contributed by atoms with van der Waals surface area (Å²) in [5.41, 5.74) is 1.06. The molecular weight excluding hydrogens is 334 g/mol. The van der Waals surface area contributed by atoms with Gasteiger partial charge in [-0.15, -0.1) is 0 Å². The van der Waals surface area contributed by atoms with Crippen LogP contribution in [-0.2, 0) is 9.59 Å². The zero-order chi connectivity index (χ0) is 15.0. The Labute approximate surface area is 129 Å². The molecule has 1 N–H and O–H groups in total. The minimum absolute atomic E-state index is 0.0753. The number of allylic oxidation sites excluding steroid dienone is 1. The summed E-state index contributed by atoms with van der Waals surface area (Å²) >= 11 is 3.41. The summed E-state index contributed by atoms with van der Waals surface area (Å²) in [4.78, 5) is 28.2. The van der Waals surface area contributed by atoms with Crippen molar-refractivity contribution in [2.75, 3.05) is 0 Å². The van der Waals surface area contributed by atoms with Gasteiger partial charge in [-0.05, 0) is 40.5 Å². The van der Waals surface area contributed by atoms with E-state index in [9.17, 15) is 14.7 Å². The Morgan fingerprint density at radius 2 is 1.86 bits per heavy atom. The van der Waals surface area contributed by atoms with Crippen molar-refractivity contribution < 1.29 is 14.7 Å². The summed E-state index contributed by atoms with van der Waals surface area (Å²) in [6.45, 7) is 0. The number of hydrogen-bond donors (Lipinski definition) is 1. The lowest BCUT2D eigenvalue weighted by Gasteiger charge is -2.15. The number of aromatic nitrogens is 1. The number of Topliss-reactive ketones (excluding diaryl/α,β-unsaturated/α-hetero) is 2. The third-order valence-electron chi connectivity index (χ3n) is 3.58. The molecule has 21 heavy (non-hydrogen) atoms. The molecule has 0 saturated heterocycles. The van der Waals surface area contributed by atoms with Gasteiger partial charge in [0.25, 0.3) is 0 Å². The molecule has 4 nitrogen and oxygen atoms in total. The van der Waals surface area contributed by atoms with E-state index < -0.39 is 0 Å². The molecular formula is C16H12BrNO3. The van der Waals surface area contributed by atoms with Gasteiger partial charge in [0.2, 0.25) is 0 Å². The Hall–Kier alpha value is -2.01. The first-order valence-electron chi connectivity index (χ1n) is 6.63. The third-order valence-corrected chi connectivity index (χ3v) is 4.22. The summed E-state index contributed by atoms with van der Waals surface area (Å²) in [5, 5.41) is 11.2. The Bertz CT molecular complexity index is 777. The van der Waals surface area contributed by atoms with E-state index in [2.05, 4.69) is 20.9 Å². The summed E-state index contributed by atoms with van der Waals surface area (Å²) in [5.74, 6) is -0.817. The average molecular weight is 346 g/mol. The maximum absolute atomic E-state index is 12.0. The van der Waals surface area contributed by atoms with Crippen molar-refractivity contribution in [3.63, 3.8) is 0 Å². The number of aliphatic hydroxyl groups is 1. The first-order valence-corrected chi connectivity index (χ1v) is 7.42. The molecule has 0 amide bonds. The van der Waals surface area contributed by atoms with E-state index in [1.807, 2.05) is 0 Å². The van der Waals surface area contributed by atoms with Gasteiger partial charge in [-0.25, -0.2) is 0 Å². The van der Waals surface area contributed by atoms with Gasteiger partial charge in [0, 0.05) is 34.5 Å². The second-order valence-corrected chi connectivity index (χ2v) is 5.77. The average Bonchev–Trinajstić information content (AvgIpc) is 2.47. The summed E-state index contributed by atoms with van der Waals surface area (Å²) in [6, 6.07) is 6.99. The number of fused-ring (bicyclic) bond motifs is 1. The Kier molecular flexibility index (Phi) is 3.59. The predicted octanol–water partition coefficient (Wildman–Crippen LogP) is 3.59. The SMILES string of the molecule is O=C1CCCC(=O)C1=C(O)c1ccc(Br)c2ncccc12. The largest absolute Gasteiger partial charge is 0.506 e. The molecule has 0 radical (unpaired) electrons. The number of halogens is 1. The number of ketones is 2. The van der Waals surface area contributed by atoms with Gasteiger partial charge in [-0.3, -0.25) is 14.6 Å². The molecule has 3 rings (SSSR count). The maximum Gasteiger partial charge on any atom is 0.170 e. The summed E-state index contributed by atoms with van der Waals surface area (Å²) in [7, 11) is 0. The Balaban J connectivity index is 2.27. The smallest absolute Gasteiger partial charge is 0.170 e. The van der Waals surface area contributed by atoms with Crippen LogP contribution in [0.5, 0.6) is 0 Å². The molecule has 1 saturated carbocycles. The normalized spacial score (nSPS) is 15.6. The van der Waals surface area contributed by atoms with E-state index in [1.54, 1.807) is 30.5 Å². The number of hydrogen-bond acceptors (Lipinski definition) is 4. The van der Waals surface area contributed by atoms with Crippen molar-refractivity contribution >= 4 is 44.2 Å². The van der Waals surface area contributed by atoms with Gasteiger partial charge in [-0.2, -0.15) is 0 Å². The van der Waals surface area contributed by atoms with Crippen molar-refractivity contribution in [1.29, 1.82) is 0 Å². The monoisotopic (exact) mass is 345 g/mol. The van der Waals surface area contributed by atoms with E-state index in [4.69, 9.17) is 0 Å². The van der Waals surface area contributed by atoms with Crippen LogP contribution in [0.4, 0.5) is 0 Å². The minimum Gasteiger partial charge on any atom is -0.506 e. The number of benzene rings is 1. The van der Waals surface area contributed by atoms with E-state index in [1.165, 1.54) is 0 Å². The zero-order valence-corrected chi connectivity index (χ0v) is 12.7. The van der Waals surface area contributed by atoms with Crippen LogP contribution >= 0.6 is 15.9 Å². The van der Waals surface area contributed by atoms with Gasteiger partial charge in [-0.1, -0.05) is 6.07 Å². The highest BCUT2D eigenvalue weighted by molar-refractivity contribution is 9.10. The number of carbonyl (C=O) groups is 2. The van der Waals surface area contributed by atoms with E-state index >= 15 is 0 Å². The van der Waals surface area contributed by atoms with Crippen LogP contribution in [0, 0.1) is 0 Å². The lowest BCUT2D eigenvalue weighted by molar-refractivity contribution is -0.123. The van der Waals surface area contributed by atoms with Crippen LogP contribution in [0.2, 0.25) is 0 Å². The van der Waals surface area contributed by atoms with E-state index in [-0.39, 0.29) is 22.9 Å². The highest BCUT2D eigenvalue weighted by Crippen LogP contribution is 2.31. The maximum atomic E-state index is 12.0. The first-order chi connectivity index (χ1) is 10.1. The summed E-state index contributed by atoms with van der Waals surface area (Å²) in [6.07, 6.45) is 2.81. The van der Waals surface area contributed by atoms with Crippen LogP contribution in [0.1, 0.15) is 24.8 Å². The lowest BCUT2D eigenvalue weighted by Crippen LogP contribution is -2.20. The fraction of sp³-hybridized carbons (Fsp3) is 0.188. The van der Waals surface area contributed by atoms with Gasteiger partial charge >= 0.3 is 0 Å². The number of nitrogens with zero attached hydrogens (tertiary/aromatic N) is 1. The van der Waals surface area contributed by atoms with E-state index in [0.29, 0.717) is 35.7 Å². The van der Waals surface area contributed by atoms with Crippen LogP contribution in [0.25, 0.3) is 16.7 Å².